The number of hydrogen-bond acceptors (Lipinski definition) is 2. The van der Waals surface area contributed by atoms with Gasteiger partial charge in [-0.15, -0.1) is 11.3 Å². The summed E-state index contributed by atoms with van der Waals surface area (Å²) < 4.78 is 14.8. The quantitative estimate of drug-likeness (QED) is 0.586. The summed E-state index contributed by atoms with van der Waals surface area (Å²) in [4.78, 5) is 0. The summed E-state index contributed by atoms with van der Waals surface area (Å²) in [7, 11) is 0. The van der Waals surface area contributed by atoms with Crippen molar-refractivity contribution in [2.45, 2.75) is 0 Å². The smallest absolute Gasteiger partial charge is 0.143 e. The molecule has 1 aromatic carbocycles. The molecule has 0 aliphatic heterocycles. The van der Waals surface area contributed by atoms with Crippen molar-refractivity contribution in [1.82, 2.24) is 0 Å². The Hall–Kier alpha value is -0.360. The van der Waals surface area contributed by atoms with Crippen LogP contribution in [0.25, 0.3) is 10.1 Å². The second kappa shape index (κ2) is 2.85. The Morgan fingerprint density at radius 2 is 2.25 bits per heavy atom. The van der Waals surface area contributed by atoms with Crippen LogP contribution < -0.4 is 5.73 Å². The molecule has 1 nitrogen and oxygen atoms in total. The Morgan fingerprint density at radius 1 is 1.50 bits per heavy atom. The van der Waals surface area contributed by atoms with E-state index in [0.717, 1.165) is 8.96 Å². The fourth-order valence-corrected chi connectivity index (χ4v) is 2.68. The van der Waals surface area contributed by atoms with E-state index in [1.807, 2.05) is 11.4 Å². The highest BCUT2D eigenvalue weighted by Crippen LogP contribution is 2.31. The van der Waals surface area contributed by atoms with Gasteiger partial charge >= 0.3 is 0 Å². The molecular formula is C8H5FINS. The van der Waals surface area contributed by atoms with Crippen LogP contribution in [0.1, 0.15) is 0 Å². The van der Waals surface area contributed by atoms with Gasteiger partial charge in [-0.2, -0.15) is 0 Å². The Bertz CT molecular complexity index is 438. The fraction of sp³-hybridized carbons (Fsp3) is 0. The zero-order valence-electron chi connectivity index (χ0n) is 5.97. The van der Waals surface area contributed by atoms with Crippen LogP contribution in [-0.2, 0) is 0 Å². The van der Waals surface area contributed by atoms with E-state index in [2.05, 4.69) is 22.6 Å². The summed E-state index contributed by atoms with van der Waals surface area (Å²) in [6.45, 7) is 0. The fourth-order valence-electron chi connectivity index (χ4n) is 1.09. The SMILES string of the molecule is Nc1cc(F)c2sccc2c1I. The number of benzene rings is 1. The van der Waals surface area contributed by atoms with Gasteiger partial charge in [-0.1, -0.05) is 0 Å². The average molecular weight is 293 g/mol. The van der Waals surface area contributed by atoms with E-state index in [0.29, 0.717) is 10.4 Å². The van der Waals surface area contributed by atoms with Crippen LogP contribution >= 0.6 is 33.9 Å². The van der Waals surface area contributed by atoms with E-state index in [1.54, 1.807) is 0 Å². The lowest BCUT2D eigenvalue weighted by atomic mass is 10.2. The molecule has 1 aromatic heterocycles. The highest BCUT2D eigenvalue weighted by atomic mass is 127. The van der Waals surface area contributed by atoms with Crippen molar-refractivity contribution in [1.29, 1.82) is 0 Å². The van der Waals surface area contributed by atoms with Crippen molar-refractivity contribution in [3.63, 3.8) is 0 Å². The molecule has 0 unspecified atom stereocenters. The van der Waals surface area contributed by atoms with Crippen LogP contribution in [0.4, 0.5) is 10.1 Å². The molecule has 2 aromatic rings. The lowest BCUT2D eigenvalue weighted by molar-refractivity contribution is 0.642. The molecule has 0 fully saturated rings. The van der Waals surface area contributed by atoms with E-state index in [-0.39, 0.29) is 5.82 Å². The lowest BCUT2D eigenvalue weighted by Gasteiger charge is -2.00. The van der Waals surface area contributed by atoms with Crippen molar-refractivity contribution in [2.24, 2.45) is 0 Å². The number of nitrogen functional groups attached to an aromatic ring is 1. The Labute approximate surface area is 86.5 Å². The first-order valence-corrected chi connectivity index (χ1v) is 5.26. The standard InChI is InChI=1S/C8H5FINS/c9-5-3-6(11)7(10)4-1-2-12-8(4)5/h1-3H,11H2. The summed E-state index contributed by atoms with van der Waals surface area (Å²) in [5, 5.41) is 2.79. The van der Waals surface area contributed by atoms with Crippen molar-refractivity contribution >= 4 is 49.7 Å². The maximum atomic E-state index is 13.2. The van der Waals surface area contributed by atoms with Gasteiger partial charge in [0.25, 0.3) is 0 Å². The van der Waals surface area contributed by atoms with Crippen LogP contribution in [0.3, 0.4) is 0 Å². The molecule has 0 saturated carbocycles. The number of hydrogen-bond donors (Lipinski definition) is 1. The first-order valence-electron chi connectivity index (χ1n) is 3.31. The predicted octanol–water partition coefficient (Wildman–Crippen LogP) is 3.23. The number of rotatable bonds is 0. The summed E-state index contributed by atoms with van der Waals surface area (Å²) in [5.74, 6) is -0.224. The molecule has 0 aliphatic rings. The third-order valence-corrected chi connectivity index (χ3v) is 3.78. The molecule has 0 saturated heterocycles. The maximum absolute atomic E-state index is 13.2. The lowest BCUT2D eigenvalue weighted by Crippen LogP contribution is -1.90. The van der Waals surface area contributed by atoms with E-state index in [9.17, 15) is 4.39 Å². The summed E-state index contributed by atoms with van der Waals surface area (Å²) in [5.41, 5.74) is 6.12. The van der Waals surface area contributed by atoms with Crippen LogP contribution in [0.5, 0.6) is 0 Å². The zero-order chi connectivity index (χ0) is 8.72. The van der Waals surface area contributed by atoms with Crippen LogP contribution in [-0.4, -0.2) is 0 Å². The van der Waals surface area contributed by atoms with Gasteiger partial charge in [0.2, 0.25) is 0 Å². The molecular weight excluding hydrogens is 288 g/mol. The third kappa shape index (κ3) is 1.09. The highest BCUT2D eigenvalue weighted by molar-refractivity contribution is 14.1. The molecule has 0 bridgehead atoms. The van der Waals surface area contributed by atoms with Crippen molar-refractivity contribution < 1.29 is 4.39 Å². The van der Waals surface area contributed by atoms with Gasteiger partial charge in [-0.05, 0) is 40.1 Å². The molecule has 0 aliphatic carbocycles. The van der Waals surface area contributed by atoms with Crippen LogP contribution in [0.2, 0.25) is 0 Å². The van der Waals surface area contributed by atoms with Gasteiger partial charge in [-0.25, -0.2) is 4.39 Å². The molecule has 12 heavy (non-hydrogen) atoms. The second-order valence-corrected chi connectivity index (χ2v) is 4.42. The predicted molar refractivity (Wildman–Crippen MR) is 58.9 cm³/mol. The molecule has 0 spiro atoms. The molecule has 62 valence electrons. The number of nitrogens with two attached hydrogens (primary N) is 1. The van der Waals surface area contributed by atoms with Gasteiger partial charge in [0, 0.05) is 14.6 Å². The number of fused-ring (bicyclic) bond motifs is 1. The Balaban J connectivity index is 2.97. The first-order chi connectivity index (χ1) is 5.70. The van der Waals surface area contributed by atoms with Gasteiger partial charge in [-0.3, -0.25) is 0 Å². The van der Waals surface area contributed by atoms with Crippen molar-refractivity contribution in [3.8, 4) is 0 Å². The van der Waals surface area contributed by atoms with Gasteiger partial charge in [0.15, 0.2) is 0 Å². The third-order valence-electron chi connectivity index (χ3n) is 1.65. The summed E-state index contributed by atoms with van der Waals surface area (Å²) >= 11 is 3.53. The summed E-state index contributed by atoms with van der Waals surface area (Å²) in [6.07, 6.45) is 0. The van der Waals surface area contributed by atoms with E-state index in [4.69, 9.17) is 5.73 Å². The second-order valence-electron chi connectivity index (χ2n) is 2.42. The molecule has 0 radical (unpaired) electrons. The monoisotopic (exact) mass is 293 g/mol. The van der Waals surface area contributed by atoms with Crippen LogP contribution in [0.15, 0.2) is 17.5 Å². The molecule has 2 N–H and O–H groups in total. The van der Waals surface area contributed by atoms with Gasteiger partial charge in [0.1, 0.15) is 5.82 Å². The Kier molecular flexibility index (Phi) is 1.96. The Morgan fingerprint density at radius 3 is 3.00 bits per heavy atom. The minimum Gasteiger partial charge on any atom is -0.398 e. The van der Waals surface area contributed by atoms with E-state index < -0.39 is 0 Å². The number of thiophene rings is 1. The van der Waals surface area contributed by atoms with Crippen LogP contribution in [0, 0.1) is 9.39 Å². The maximum Gasteiger partial charge on any atom is 0.143 e. The summed E-state index contributed by atoms with van der Waals surface area (Å²) in [6, 6.07) is 3.27. The minimum absolute atomic E-state index is 0.224. The zero-order valence-corrected chi connectivity index (χ0v) is 8.95. The average Bonchev–Trinajstić information content (AvgIpc) is 2.48. The first kappa shape index (κ1) is 8.25. The van der Waals surface area contributed by atoms with Gasteiger partial charge in [0.05, 0.1) is 4.70 Å². The molecule has 4 heteroatoms. The molecule has 2 rings (SSSR count). The minimum atomic E-state index is -0.224. The topological polar surface area (TPSA) is 26.0 Å². The van der Waals surface area contributed by atoms with Crippen molar-refractivity contribution in [3.05, 3.63) is 26.9 Å². The highest BCUT2D eigenvalue weighted by Gasteiger charge is 2.08. The molecule has 0 amide bonds. The molecule has 0 atom stereocenters. The van der Waals surface area contributed by atoms with Gasteiger partial charge < -0.3 is 5.73 Å². The van der Waals surface area contributed by atoms with E-state index >= 15 is 0 Å². The number of anilines is 1. The molecule has 1 heterocycles. The van der Waals surface area contributed by atoms with Crippen molar-refractivity contribution in [2.75, 3.05) is 5.73 Å². The van der Waals surface area contributed by atoms with E-state index in [1.165, 1.54) is 17.4 Å². The number of halogens is 2. The largest absolute Gasteiger partial charge is 0.398 e. The normalized spacial score (nSPS) is 10.8.